The second kappa shape index (κ2) is 7.04. The molecule has 0 aliphatic heterocycles. The van der Waals surface area contributed by atoms with Gasteiger partial charge in [-0.25, -0.2) is 14.8 Å². The number of nitrogens with zero attached hydrogens (tertiary/aromatic N) is 3. The van der Waals surface area contributed by atoms with Gasteiger partial charge < -0.3 is 14.6 Å². The molecule has 2 aromatic heterocycles. The van der Waals surface area contributed by atoms with E-state index >= 15 is 0 Å². The van der Waals surface area contributed by atoms with Crippen molar-refractivity contribution in [2.45, 2.75) is 39.0 Å². The molecule has 0 saturated carbocycles. The third-order valence-electron chi connectivity index (χ3n) is 2.94. The molecule has 0 spiro atoms. The van der Waals surface area contributed by atoms with Crippen LogP contribution in [-0.4, -0.2) is 32.3 Å². The Morgan fingerprint density at radius 3 is 2.87 bits per heavy atom. The SMILES string of the molecule is C=CC(Cn1cc(I)c2c(Cl)ncnc21)NC(=O)OC(C)(C)C. The number of hydrogen-bond donors (Lipinski definition) is 1. The van der Waals surface area contributed by atoms with Gasteiger partial charge in [0.1, 0.15) is 22.7 Å². The zero-order valence-electron chi connectivity index (χ0n) is 13.1. The number of hydrogen-bond acceptors (Lipinski definition) is 4. The second-order valence-electron chi connectivity index (χ2n) is 5.98. The highest BCUT2D eigenvalue weighted by Crippen LogP contribution is 2.26. The van der Waals surface area contributed by atoms with Gasteiger partial charge in [0, 0.05) is 16.3 Å². The molecule has 1 N–H and O–H groups in total. The van der Waals surface area contributed by atoms with E-state index in [2.05, 4.69) is 44.5 Å². The first-order chi connectivity index (χ1) is 10.7. The third-order valence-corrected chi connectivity index (χ3v) is 4.05. The summed E-state index contributed by atoms with van der Waals surface area (Å²) in [5.41, 5.74) is 0.166. The number of carbonyl (C=O) groups is 1. The van der Waals surface area contributed by atoms with Crippen molar-refractivity contribution in [3.8, 4) is 0 Å². The minimum atomic E-state index is -0.550. The molecule has 2 heterocycles. The van der Waals surface area contributed by atoms with Crippen LogP contribution in [0, 0.1) is 3.57 Å². The Bertz CT molecular complexity index is 739. The fraction of sp³-hybridized carbons (Fsp3) is 0.400. The number of carbonyl (C=O) groups excluding carboxylic acids is 1. The summed E-state index contributed by atoms with van der Waals surface area (Å²) < 4.78 is 8.12. The molecule has 0 bridgehead atoms. The maximum Gasteiger partial charge on any atom is 0.408 e. The number of amides is 1. The normalized spacial score (nSPS) is 12.9. The largest absolute Gasteiger partial charge is 0.444 e. The molecule has 23 heavy (non-hydrogen) atoms. The smallest absolute Gasteiger partial charge is 0.408 e. The minimum Gasteiger partial charge on any atom is -0.444 e. The first-order valence-electron chi connectivity index (χ1n) is 6.98. The topological polar surface area (TPSA) is 69.0 Å². The lowest BCUT2D eigenvalue weighted by molar-refractivity contribution is 0.0511. The van der Waals surface area contributed by atoms with Gasteiger partial charge in [0.25, 0.3) is 0 Å². The van der Waals surface area contributed by atoms with Gasteiger partial charge in [-0.3, -0.25) is 0 Å². The number of aromatic nitrogens is 3. The first-order valence-corrected chi connectivity index (χ1v) is 8.44. The molecule has 0 aliphatic carbocycles. The highest BCUT2D eigenvalue weighted by molar-refractivity contribution is 14.1. The van der Waals surface area contributed by atoms with Gasteiger partial charge in [0.05, 0.1) is 11.4 Å². The van der Waals surface area contributed by atoms with Crippen LogP contribution in [0.3, 0.4) is 0 Å². The summed E-state index contributed by atoms with van der Waals surface area (Å²) >= 11 is 8.31. The molecule has 124 valence electrons. The average molecular weight is 449 g/mol. The molecule has 0 fully saturated rings. The Balaban J connectivity index is 2.18. The van der Waals surface area contributed by atoms with Gasteiger partial charge >= 0.3 is 6.09 Å². The Labute approximate surface area is 153 Å². The number of alkyl carbamates (subject to hydrolysis) is 1. The Morgan fingerprint density at radius 1 is 1.57 bits per heavy atom. The quantitative estimate of drug-likeness (QED) is 0.439. The molecule has 1 amide bonds. The van der Waals surface area contributed by atoms with Crippen molar-refractivity contribution >= 4 is 51.3 Å². The van der Waals surface area contributed by atoms with E-state index in [1.165, 1.54) is 6.33 Å². The van der Waals surface area contributed by atoms with E-state index in [0.717, 1.165) is 8.96 Å². The molecule has 2 rings (SSSR count). The second-order valence-corrected chi connectivity index (χ2v) is 7.50. The molecule has 8 heteroatoms. The van der Waals surface area contributed by atoms with Crippen LogP contribution in [0.1, 0.15) is 20.8 Å². The van der Waals surface area contributed by atoms with Crippen molar-refractivity contribution in [3.05, 3.63) is 33.9 Å². The van der Waals surface area contributed by atoms with Crippen LogP contribution < -0.4 is 5.32 Å². The Hall–Kier alpha value is -1.35. The first kappa shape index (κ1) is 18.0. The molecule has 1 unspecified atom stereocenters. The molecule has 0 aliphatic rings. The highest BCUT2D eigenvalue weighted by Gasteiger charge is 2.20. The van der Waals surface area contributed by atoms with Crippen LogP contribution in [0.2, 0.25) is 5.15 Å². The van der Waals surface area contributed by atoms with Crippen molar-refractivity contribution in [1.82, 2.24) is 19.9 Å². The number of ether oxygens (including phenoxy) is 1. The van der Waals surface area contributed by atoms with E-state index < -0.39 is 11.7 Å². The number of nitrogens with one attached hydrogen (secondary N) is 1. The summed E-state index contributed by atoms with van der Waals surface area (Å²) in [7, 11) is 0. The van der Waals surface area contributed by atoms with Crippen molar-refractivity contribution in [2.75, 3.05) is 0 Å². The lowest BCUT2D eigenvalue weighted by atomic mass is 10.2. The van der Waals surface area contributed by atoms with E-state index in [9.17, 15) is 4.79 Å². The lowest BCUT2D eigenvalue weighted by Gasteiger charge is -2.22. The zero-order chi connectivity index (χ0) is 17.2. The van der Waals surface area contributed by atoms with Crippen molar-refractivity contribution in [1.29, 1.82) is 0 Å². The number of halogens is 2. The zero-order valence-corrected chi connectivity index (χ0v) is 16.1. The molecule has 0 aromatic carbocycles. The highest BCUT2D eigenvalue weighted by atomic mass is 127. The number of rotatable bonds is 4. The van der Waals surface area contributed by atoms with Crippen LogP contribution in [0.15, 0.2) is 25.2 Å². The predicted molar refractivity (Wildman–Crippen MR) is 98.6 cm³/mol. The molecule has 2 aromatic rings. The monoisotopic (exact) mass is 448 g/mol. The maximum atomic E-state index is 11.9. The predicted octanol–water partition coefficient (Wildman–Crippen LogP) is 3.77. The van der Waals surface area contributed by atoms with E-state index in [4.69, 9.17) is 16.3 Å². The van der Waals surface area contributed by atoms with E-state index in [1.807, 2.05) is 31.5 Å². The van der Waals surface area contributed by atoms with Crippen LogP contribution in [0.4, 0.5) is 4.79 Å². The summed E-state index contributed by atoms with van der Waals surface area (Å²) in [6, 6.07) is -0.301. The molecular weight excluding hydrogens is 431 g/mol. The van der Waals surface area contributed by atoms with E-state index in [1.54, 1.807) is 6.08 Å². The summed E-state index contributed by atoms with van der Waals surface area (Å²) in [4.78, 5) is 20.2. The minimum absolute atomic E-state index is 0.301. The van der Waals surface area contributed by atoms with Gasteiger partial charge in [-0.1, -0.05) is 17.7 Å². The van der Waals surface area contributed by atoms with E-state index in [0.29, 0.717) is 17.3 Å². The van der Waals surface area contributed by atoms with Gasteiger partial charge in [-0.2, -0.15) is 0 Å². The van der Waals surface area contributed by atoms with Crippen LogP contribution in [-0.2, 0) is 11.3 Å². The van der Waals surface area contributed by atoms with Crippen LogP contribution >= 0.6 is 34.2 Å². The summed E-state index contributed by atoms with van der Waals surface area (Å²) in [6.45, 7) is 9.68. The summed E-state index contributed by atoms with van der Waals surface area (Å²) in [6.07, 6.45) is 4.51. The Kier molecular flexibility index (Phi) is 5.51. The van der Waals surface area contributed by atoms with Crippen molar-refractivity contribution in [2.24, 2.45) is 0 Å². The molecule has 6 nitrogen and oxygen atoms in total. The summed E-state index contributed by atoms with van der Waals surface area (Å²) in [5, 5.41) is 3.99. The van der Waals surface area contributed by atoms with Crippen LogP contribution in [0.5, 0.6) is 0 Å². The fourth-order valence-electron chi connectivity index (χ4n) is 2.03. The third kappa shape index (κ3) is 4.57. The Morgan fingerprint density at radius 2 is 2.26 bits per heavy atom. The average Bonchev–Trinajstić information content (AvgIpc) is 2.73. The van der Waals surface area contributed by atoms with Crippen molar-refractivity contribution in [3.63, 3.8) is 0 Å². The molecule has 0 radical (unpaired) electrons. The van der Waals surface area contributed by atoms with Gasteiger partial charge in [0.2, 0.25) is 0 Å². The maximum absolute atomic E-state index is 11.9. The standard InChI is InChI=1S/C15H18ClIN4O2/c1-5-9(20-14(22)23-15(2,3)4)6-21-7-10(17)11-12(16)18-8-19-13(11)21/h5,7-9H,1,6H2,2-4H3,(H,20,22). The van der Waals surface area contributed by atoms with Crippen molar-refractivity contribution < 1.29 is 9.53 Å². The molecule has 0 saturated heterocycles. The van der Waals surface area contributed by atoms with Gasteiger partial charge in [-0.15, -0.1) is 6.58 Å². The lowest BCUT2D eigenvalue weighted by Crippen LogP contribution is -2.40. The van der Waals surface area contributed by atoms with Gasteiger partial charge in [0.15, 0.2) is 0 Å². The molecule has 1 atom stereocenters. The van der Waals surface area contributed by atoms with Gasteiger partial charge in [-0.05, 0) is 43.4 Å². The fourth-order valence-corrected chi connectivity index (χ4v) is 3.25. The number of fused-ring (bicyclic) bond motifs is 1. The molecular formula is C15H18ClIN4O2. The van der Waals surface area contributed by atoms with Crippen LogP contribution in [0.25, 0.3) is 11.0 Å². The van der Waals surface area contributed by atoms with E-state index in [-0.39, 0.29) is 6.04 Å². The summed E-state index contributed by atoms with van der Waals surface area (Å²) in [5.74, 6) is 0.